The molecule has 12 heavy (non-hydrogen) atoms. The van der Waals surface area contributed by atoms with Crippen molar-refractivity contribution in [3.63, 3.8) is 0 Å². The zero-order valence-electron chi connectivity index (χ0n) is 8.06. The van der Waals surface area contributed by atoms with Crippen molar-refractivity contribution in [3.8, 4) is 0 Å². The number of halogens is 1. The van der Waals surface area contributed by atoms with Gasteiger partial charge in [0, 0.05) is 11.3 Å². The number of alkyl halides is 1. The maximum absolute atomic E-state index is 6.31. The van der Waals surface area contributed by atoms with Gasteiger partial charge in [0.1, 0.15) is 0 Å². The molecular formula is C10H17ClO. The highest BCUT2D eigenvalue weighted by molar-refractivity contribution is 6.21. The second-order valence-corrected chi connectivity index (χ2v) is 5.58. The van der Waals surface area contributed by atoms with Crippen LogP contribution in [-0.2, 0) is 4.74 Å². The maximum Gasteiger partial charge on any atom is 0.0676 e. The van der Waals surface area contributed by atoms with Gasteiger partial charge in [-0.1, -0.05) is 0 Å². The topological polar surface area (TPSA) is 9.23 Å². The van der Waals surface area contributed by atoms with Crippen molar-refractivity contribution >= 4 is 11.6 Å². The predicted molar refractivity (Wildman–Crippen MR) is 50.6 cm³/mol. The zero-order chi connectivity index (χ0) is 8.98. The SMILES string of the molecule is CC1(C)O[C@@]2(C)CC[C@@H]1[C@H](Cl)C2. The van der Waals surface area contributed by atoms with E-state index in [-0.39, 0.29) is 11.2 Å². The summed E-state index contributed by atoms with van der Waals surface area (Å²) >= 11 is 6.31. The number of rotatable bonds is 0. The lowest BCUT2D eigenvalue weighted by Crippen LogP contribution is -2.58. The lowest BCUT2D eigenvalue weighted by Gasteiger charge is -2.56. The van der Waals surface area contributed by atoms with E-state index < -0.39 is 0 Å². The van der Waals surface area contributed by atoms with Gasteiger partial charge in [0.2, 0.25) is 0 Å². The number of hydrogen-bond acceptors (Lipinski definition) is 1. The molecule has 2 heterocycles. The zero-order valence-corrected chi connectivity index (χ0v) is 8.82. The molecule has 0 spiro atoms. The van der Waals surface area contributed by atoms with Crippen LogP contribution in [0, 0.1) is 5.92 Å². The lowest BCUT2D eigenvalue weighted by molar-refractivity contribution is -0.227. The summed E-state index contributed by atoms with van der Waals surface area (Å²) in [6, 6.07) is 0. The molecule has 3 rings (SSSR count). The first-order chi connectivity index (χ1) is 5.43. The maximum atomic E-state index is 6.31. The smallest absolute Gasteiger partial charge is 0.0676 e. The highest BCUT2D eigenvalue weighted by Gasteiger charge is 2.52. The molecule has 2 saturated heterocycles. The Labute approximate surface area is 79.4 Å². The van der Waals surface area contributed by atoms with Crippen LogP contribution >= 0.6 is 11.6 Å². The Hall–Kier alpha value is 0.250. The highest BCUT2D eigenvalue weighted by Crippen LogP contribution is 2.51. The van der Waals surface area contributed by atoms with Gasteiger partial charge in [-0.3, -0.25) is 0 Å². The third-order valence-electron chi connectivity index (χ3n) is 3.45. The van der Waals surface area contributed by atoms with E-state index in [1.165, 1.54) is 12.8 Å². The summed E-state index contributed by atoms with van der Waals surface area (Å²) in [5.74, 6) is 0.556. The summed E-state index contributed by atoms with van der Waals surface area (Å²) in [7, 11) is 0. The van der Waals surface area contributed by atoms with Gasteiger partial charge >= 0.3 is 0 Å². The van der Waals surface area contributed by atoms with Crippen LogP contribution in [0.5, 0.6) is 0 Å². The molecule has 3 fully saturated rings. The molecule has 1 saturated carbocycles. The summed E-state index contributed by atoms with van der Waals surface area (Å²) in [6.07, 6.45) is 3.45. The Morgan fingerprint density at radius 1 is 1.33 bits per heavy atom. The van der Waals surface area contributed by atoms with E-state index in [4.69, 9.17) is 16.3 Å². The van der Waals surface area contributed by atoms with Gasteiger partial charge in [-0.15, -0.1) is 11.6 Å². The standard InChI is InChI=1S/C10H17ClO/c1-9(2)7-4-5-10(3,12-9)6-8(7)11/h7-8H,4-6H2,1-3H3/t7-,8-,10+/m1/s1. The lowest BCUT2D eigenvalue weighted by atomic mass is 9.68. The molecule has 0 aromatic carbocycles. The fourth-order valence-corrected chi connectivity index (χ4v) is 3.64. The van der Waals surface area contributed by atoms with Gasteiger partial charge in [0.05, 0.1) is 11.2 Å². The fourth-order valence-electron chi connectivity index (χ4n) is 2.89. The molecule has 2 aliphatic heterocycles. The van der Waals surface area contributed by atoms with Gasteiger partial charge in [0.25, 0.3) is 0 Å². The van der Waals surface area contributed by atoms with E-state index in [1.807, 2.05) is 0 Å². The largest absolute Gasteiger partial charge is 0.369 e. The molecule has 0 amide bonds. The molecule has 0 aromatic heterocycles. The summed E-state index contributed by atoms with van der Waals surface area (Å²) in [4.78, 5) is 0. The predicted octanol–water partition coefficient (Wildman–Crippen LogP) is 2.96. The van der Waals surface area contributed by atoms with Crippen LogP contribution in [-0.4, -0.2) is 16.6 Å². The average Bonchev–Trinajstić information content (AvgIpc) is 1.80. The molecule has 1 nitrogen and oxygen atoms in total. The van der Waals surface area contributed by atoms with Crippen LogP contribution in [0.4, 0.5) is 0 Å². The van der Waals surface area contributed by atoms with E-state index in [2.05, 4.69) is 20.8 Å². The summed E-state index contributed by atoms with van der Waals surface area (Å²) in [5.41, 5.74) is 0.0579. The molecule has 1 aliphatic carbocycles. The third-order valence-corrected chi connectivity index (χ3v) is 3.91. The fraction of sp³-hybridized carbons (Fsp3) is 1.00. The van der Waals surface area contributed by atoms with Crippen molar-refractivity contribution in [1.29, 1.82) is 0 Å². The number of fused-ring (bicyclic) bond motifs is 3. The first-order valence-corrected chi connectivity index (χ1v) is 5.21. The van der Waals surface area contributed by atoms with E-state index in [0.29, 0.717) is 11.3 Å². The van der Waals surface area contributed by atoms with Crippen molar-refractivity contribution < 1.29 is 4.74 Å². The Balaban J connectivity index is 2.28. The van der Waals surface area contributed by atoms with E-state index >= 15 is 0 Å². The van der Waals surface area contributed by atoms with Crippen LogP contribution in [0.3, 0.4) is 0 Å². The van der Waals surface area contributed by atoms with Crippen molar-refractivity contribution in [2.75, 3.05) is 0 Å². The second-order valence-electron chi connectivity index (χ2n) is 5.02. The van der Waals surface area contributed by atoms with Gasteiger partial charge < -0.3 is 4.74 Å². The van der Waals surface area contributed by atoms with E-state index in [9.17, 15) is 0 Å². The summed E-state index contributed by atoms with van der Waals surface area (Å²) in [6.45, 7) is 6.53. The molecule has 70 valence electrons. The first kappa shape index (κ1) is 8.83. The molecule has 2 bridgehead atoms. The monoisotopic (exact) mass is 188 g/mol. The van der Waals surface area contributed by atoms with Gasteiger partial charge in [0.15, 0.2) is 0 Å². The highest BCUT2D eigenvalue weighted by atomic mass is 35.5. The van der Waals surface area contributed by atoms with E-state index in [1.54, 1.807) is 0 Å². The van der Waals surface area contributed by atoms with Crippen LogP contribution in [0.1, 0.15) is 40.0 Å². The molecule has 3 aliphatic rings. The van der Waals surface area contributed by atoms with Crippen molar-refractivity contribution in [3.05, 3.63) is 0 Å². The minimum Gasteiger partial charge on any atom is -0.369 e. The average molecular weight is 189 g/mol. The van der Waals surface area contributed by atoms with Crippen LogP contribution in [0.2, 0.25) is 0 Å². The minimum absolute atomic E-state index is 0.00231. The molecule has 3 atom stereocenters. The molecule has 0 unspecified atom stereocenters. The van der Waals surface area contributed by atoms with Crippen LogP contribution in [0.15, 0.2) is 0 Å². The Bertz CT molecular complexity index is 199. The molecule has 0 radical (unpaired) electrons. The molecule has 0 N–H and O–H groups in total. The van der Waals surface area contributed by atoms with Gasteiger partial charge in [-0.2, -0.15) is 0 Å². The number of hydrogen-bond donors (Lipinski definition) is 0. The third kappa shape index (κ3) is 1.18. The summed E-state index contributed by atoms with van der Waals surface area (Å²) < 4.78 is 6.05. The number of ether oxygens (including phenoxy) is 1. The van der Waals surface area contributed by atoms with Gasteiger partial charge in [-0.05, 0) is 40.0 Å². The van der Waals surface area contributed by atoms with Crippen molar-refractivity contribution in [1.82, 2.24) is 0 Å². The first-order valence-electron chi connectivity index (χ1n) is 4.77. The van der Waals surface area contributed by atoms with Crippen molar-refractivity contribution in [2.45, 2.75) is 56.6 Å². The molecular weight excluding hydrogens is 172 g/mol. The Morgan fingerprint density at radius 3 is 2.42 bits per heavy atom. The Kier molecular flexibility index (Phi) is 1.76. The van der Waals surface area contributed by atoms with Crippen LogP contribution in [0.25, 0.3) is 0 Å². The Morgan fingerprint density at radius 2 is 2.00 bits per heavy atom. The normalized spacial score (nSPS) is 51.0. The molecule has 0 aromatic rings. The quantitative estimate of drug-likeness (QED) is 0.532. The minimum atomic E-state index is -0.00231. The summed E-state index contributed by atoms with van der Waals surface area (Å²) in [5, 5.41) is 0.326. The van der Waals surface area contributed by atoms with Crippen LogP contribution < -0.4 is 0 Å². The second kappa shape index (κ2) is 2.39. The van der Waals surface area contributed by atoms with Gasteiger partial charge in [-0.25, -0.2) is 0 Å². The van der Waals surface area contributed by atoms with Crippen molar-refractivity contribution in [2.24, 2.45) is 5.92 Å². The molecule has 2 heteroatoms. The van der Waals surface area contributed by atoms with E-state index in [0.717, 1.165) is 6.42 Å².